The summed E-state index contributed by atoms with van der Waals surface area (Å²) in [6.07, 6.45) is 1.82. The molecule has 0 aliphatic carbocycles. The fraction of sp³-hybridized carbons (Fsp3) is 0.280. The molecule has 5 rings (SSSR count). The number of rotatable bonds is 6. The highest BCUT2D eigenvalue weighted by Crippen LogP contribution is 2.40. The van der Waals surface area contributed by atoms with Crippen molar-refractivity contribution in [3.05, 3.63) is 59.1 Å². The van der Waals surface area contributed by atoms with Gasteiger partial charge in [-0.1, -0.05) is 47.2 Å². The Bertz CT molecular complexity index is 1330. The molecule has 1 aromatic heterocycles. The summed E-state index contributed by atoms with van der Waals surface area (Å²) in [6.45, 7) is 1.10. The van der Waals surface area contributed by atoms with Crippen molar-refractivity contribution in [2.24, 2.45) is 0 Å². The van der Waals surface area contributed by atoms with E-state index < -0.39 is 0 Å². The summed E-state index contributed by atoms with van der Waals surface area (Å²) in [4.78, 5) is 20.4. The van der Waals surface area contributed by atoms with E-state index in [9.17, 15) is 4.79 Å². The molecule has 2 heterocycles. The average molecular weight is 483 g/mol. The van der Waals surface area contributed by atoms with Crippen LogP contribution in [0.1, 0.15) is 23.2 Å². The van der Waals surface area contributed by atoms with E-state index in [0.717, 1.165) is 28.3 Å². The average Bonchev–Trinajstić information content (AvgIpc) is 3.52. The minimum atomic E-state index is -0.192. The highest BCUT2D eigenvalue weighted by molar-refractivity contribution is 7.23. The molecule has 1 atom stereocenters. The summed E-state index contributed by atoms with van der Waals surface area (Å²) < 4.78 is 17.7. The maximum atomic E-state index is 14.0. The van der Waals surface area contributed by atoms with E-state index >= 15 is 0 Å². The fourth-order valence-electron chi connectivity index (χ4n) is 4.16. The number of carbonyl (C=O) groups is 1. The van der Waals surface area contributed by atoms with Crippen LogP contribution in [0, 0.1) is 0 Å². The zero-order valence-corrected chi connectivity index (χ0v) is 19.9. The van der Waals surface area contributed by atoms with E-state index in [4.69, 9.17) is 30.8 Å². The first-order valence-electron chi connectivity index (χ1n) is 10.7. The Labute approximate surface area is 200 Å². The van der Waals surface area contributed by atoms with Gasteiger partial charge >= 0.3 is 0 Å². The van der Waals surface area contributed by atoms with Crippen LogP contribution < -0.4 is 14.4 Å². The second kappa shape index (κ2) is 9.17. The highest BCUT2D eigenvalue weighted by atomic mass is 35.5. The van der Waals surface area contributed by atoms with E-state index in [-0.39, 0.29) is 12.0 Å². The number of thiazole rings is 1. The van der Waals surface area contributed by atoms with E-state index in [0.29, 0.717) is 45.9 Å². The summed E-state index contributed by atoms with van der Waals surface area (Å²) in [7, 11) is 3.17. The van der Waals surface area contributed by atoms with Gasteiger partial charge in [-0.3, -0.25) is 9.69 Å². The van der Waals surface area contributed by atoms with Crippen LogP contribution in [0.15, 0.2) is 48.5 Å². The quantitative estimate of drug-likeness (QED) is 0.340. The Hall–Kier alpha value is -2.87. The number of hydrogen-bond donors (Lipinski definition) is 0. The number of methoxy groups -OCH3 is 2. The van der Waals surface area contributed by atoms with Crippen LogP contribution in [-0.4, -0.2) is 44.4 Å². The first kappa shape index (κ1) is 21.9. The maximum absolute atomic E-state index is 14.0. The molecule has 1 fully saturated rings. The molecule has 0 saturated carbocycles. The first-order chi connectivity index (χ1) is 16.1. The molecular formula is C25H23ClN2O4S. The van der Waals surface area contributed by atoms with Crippen LogP contribution in [0.2, 0.25) is 5.02 Å². The Morgan fingerprint density at radius 2 is 1.91 bits per heavy atom. The van der Waals surface area contributed by atoms with Gasteiger partial charge in [-0.05, 0) is 47.9 Å². The summed E-state index contributed by atoms with van der Waals surface area (Å²) in [5.41, 5.74) is 1.12. The van der Waals surface area contributed by atoms with Gasteiger partial charge in [0.1, 0.15) is 17.0 Å². The molecule has 1 aliphatic heterocycles. The molecule has 4 aromatic rings. The second-order valence-electron chi connectivity index (χ2n) is 7.87. The van der Waals surface area contributed by atoms with Gasteiger partial charge in [-0.15, -0.1) is 0 Å². The number of ether oxygens (including phenoxy) is 3. The van der Waals surface area contributed by atoms with Gasteiger partial charge in [0.2, 0.25) is 0 Å². The topological polar surface area (TPSA) is 60.9 Å². The predicted octanol–water partition coefficient (Wildman–Crippen LogP) is 5.95. The van der Waals surface area contributed by atoms with Crippen molar-refractivity contribution < 1.29 is 19.0 Å². The summed E-state index contributed by atoms with van der Waals surface area (Å²) in [5, 5.41) is 3.09. The van der Waals surface area contributed by atoms with Gasteiger partial charge < -0.3 is 14.2 Å². The van der Waals surface area contributed by atoms with Crippen LogP contribution in [-0.2, 0) is 4.74 Å². The normalized spacial score (nSPS) is 15.8. The minimum Gasteiger partial charge on any atom is -0.496 e. The largest absolute Gasteiger partial charge is 0.496 e. The van der Waals surface area contributed by atoms with Crippen molar-refractivity contribution in [3.63, 3.8) is 0 Å². The Morgan fingerprint density at radius 1 is 1.15 bits per heavy atom. The number of hydrogen-bond acceptors (Lipinski definition) is 6. The molecule has 0 N–H and O–H groups in total. The van der Waals surface area contributed by atoms with Crippen LogP contribution in [0.5, 0.6) is 11.5 Å². The lowest BCUT2D eigenvalue weighted by Crippen LogP contribution is -2.37. The maximum Gasteiger partial charge on any atom is 0.263 e. The van der Waals surface area contributed by atoms with Gasteiger partial charge in [-0.2, -0.15) is 0 Å². The molecular weight excluding hydrogens is 460 g/mol. The van der Waals surface area contributed by atoms with Crippen LogP contribution in [0.3, 0.4) is 0 Å². The lowest BCUT2D eigenvalue weighted by atomic mass is 10.0. The summed E-state index contributed by atoms with van der Waals surface area (Å²) in [5.74, 6) is 0.944. The van der Waals surface area contributed by atoms with Gasteiger partial charge in [0.15, 0.2) is 5.13 Å². The number of aromatic nitrogens is 1. The van der Waals surface area contributed by atoms with E-state index in [1.54, 1.807) is 31.3 Å². The molecule has 170 valence electrons. The summed E-state index contributed by atoms with van der Waals surface area (Å²) in [6, 6.07) is 15.2. The Balaban J connectivity index is 1.63. The number of amides is 1. The number of halogens is 1. The SMILES string of the molecule is COc1cc2ccccc2cc1C(=O)N(CC1CCCO1)c1nc2c(OC)ccc(Cl)c2s1. The van der Waals surface area contributed by atoms with Crippen molar-refractivity contribution in [1.82, 2.24) is 4.98 Å². The molecule has 33 heavy (non-hydrogen) atoms. The van der Waals surface area contributed by atoms with E-state index in [1.807, 2.05) is 36.4 Å². The van der Waals surface area contributed by atoms with Gasteiger partial charge in [-0.25, -0.2) is 4.98 Å². The molecule has 0 radical (unpaired) electrons. The van der Waals surface area contributed by atoms with E-state index in [1.165, 1.54) is 11.3 Å². The van der Waals surface area contributed by atoms with Crippen LogP contribution in [0.25, 0.3) is 21.0 Å². The van der Waals surface area contributed by atoms with Crippen LogP contribution in [0.4, 0.5) is 5.13 Å². The highest BCUT2D eigenvalue weighted by Gasteiger charge is 2.29. The van der Waals surface area contributed by atoms with Gasteiger partial charge in [0.25, 0.3) is 5.91 Å². The molecule has 0 bridgehead atoms. The number of fused-ring (bicyclic) bond motifs is 2. The molecule has 0 spiro atoms. The lowest BCUT2D eigenvalue weighted by Gasteiger charge is -2.24. The molecule has 1 saturated heterocycles. The van der Waals surface area contributed by atoms with Crippen molar-refractivity contribution in [2.75, 3.05) is 32.3 Å². The number of carbonyl (C=O) groups excluding carboxylic acids is 1. The first-order valence-corrected chi connectivity index (χ1v) is 11.9. The third kappa shape index (κ3) is 4.12. The zero-order valence-electron chi connectivity index (χ0n) is 18.3. The molecule has 8 heteroatoms. The van der Waals surface area contributed by atoms with E-state index in [2.05, 4.69) is 0 Å². The fourth-order valence-corrected chi connectivity index (χ4v) is 5.43. The molecule has 1 unspecified atom stereocenters. The smallest absolute Gasteiger partial charge is 0.263 e. The molecule has 1 aliphatic rings. The lowest BCUT2D eigenvalue weighted by molar-refractivity contribution is 0.0915. The standard InChI is InChI=1S/C25H23ClN2O4S/c1-30-20-10-9-19(26)23-22(20)27-25(33-23)28(14-17-8-5-11-32-17)24(29)18-12-15-6-3-4-7-16(15)13-21(18)31-2/h3-4,6-7,9-10,12-13,17H,5,8,11,14H2,1-2H3. The third-order valence-electron chi connectivity index (χ3n) is 5.85. The van der Waals surface area contributed by atoms with Crippen molar-refractivity contribution in [1.29, 1.82) is 0 Å². The molecule has 6 nitrogen and oxygen atoms in total. The third-order valence-corrected chi connectivity index (χ3v) is 7.39. The minimum absolute atomic E-state index is 0.0511. The van der Waals surface area contributed by atoms with Crippen molar-refractivity contribution in [3.8, 4) is 11.5 Å². The monoisotopic (exact) mass is 482 g/mol. The Morgan fingerprint density at radius 3 is 2.61 bits per heavy atom. The zero-order chi connectivity index (χ0) is 22.9. The molecule has 3 aromatic carbocycles. The van der Waals surface area contributed by atoms with Gasteiger partial charge in [0, 0.05) is 6.61 Å². The van der Waals surface area contributed by atoms with Gasteiger partial charge in [0.05, 0.1) is 42.2 Å². The van der Waals surface area contributed by atoms with Crippen molar-refractivity contribution in [2.45, 2.75) is 18.9 Å². The van der Waals surface area contributed by atoms with Crippen molar-refractivity contribution >= 4 is 55.0 Å². The Kier molecular flexibility index (Phi) is 6.10. The summed E-state index contributed by atoms with van der Waals surface area (Å²) >= 11 is 7.82. The number of benzene rings is 3. The molecule has 1 amide bonds. The second-order valence-corrected chi connectivity index (χ2v) is 9.26. The number of nitrogens with zero attached hydrogens (tertiary/aromatic N) is 2. The van der Waals surface area contributed by atoms with Crippen LogP contribution >= 0.6 is 22.9 Å². The number of anilines is 1. The predicted molar refractivity (Wildman–Crippen MR) is 132 cm³/mol.